The molecule has 0 aromatic carbocycles. The van der Waals surface area contributed by atoms with E-state index in [1.54, 1.807) is 12.5 Å². The fourth-order valence-electron chi connectivity index (χ4n) is 0.852. The van der Waals surface area contributed by atoms with Crippen LogP contribution >= 0.6 is 0 Å². The minimum Gasteiger partial charge on any atom is -1.00 e. The van der Waals surface area contributed by atoms with E-state index in [0.717, 1.165) is 16.6 Å². The van der Waals surface area contributed by atoms with Crippen LogP contribution < -0.4 is 24.0 Å². The fraction of sp³-hybridized carbons (Fsp3) is 0.571. The second-order valence-electron chi connectivity index (χ2n) is 3.48. The van der Waals surface area contributed by atoms with E-state index in [1.807, 2.05) is 0 Å². The Kier molecular flexibility index (Phi) is 4.02. The summed E-state index contributed by atoms with van der Waals surface area (Å²) in [4.78, 5) is 0. The van der Waals surface area contributed by atoms with E-state index in [9.17, 15) is 0 Å². The molecule has 11 heavy (non-hydrogen) atoms. The quantitative estimate of drug-likeness (QED) is 0.453. The van der Waals surface area contributed by atoms with Crippen molar-refractivity contribution in [3.63, 3.8) is 0 Å². The molecule has 1 rings (SSSR count). The third-order valence-corrected chi connectivity index (χ3v) is 1.14. The molecule has 0 atom stereocenters. The summed E-state index contributed by atoms with van der Waals surface area (Å²) in [6.07, 6.45) is 3.44. The molecule has 0 N–H and O–H groups in total. The maximum atomic E-state index is 4.70. The molecular formula is C7H13IN2O. The summed E-state index contributed by atoms with van der Waals surface area (Å²) < 4.78 is 5.60. The van der Waals surface area contributed by atoms with Gasteiger partial charge in [-0.2, -0.15) is 0 Å². The van der Waals surface area contributed by atoms with Crippen LogP contribution in [0.25, 0.3) is 0 Å². The highest BCUT2D eigenvalue weighted by molar-refractivity contribution is 4.97. The van der Waals surface area contributed by atoms with E-state index in [0.29, 0.717) is 0 Å². The van der Waals surface area contributed by atoms with Gasteiger partial charge in [0.25, 0.3) is 0 Å². The number of aromatic nitrogens is 1. The van der Waals surface area contributed by atoms with Crippen molar-refractivity contribution in [2.24, 2.45) is 0 Å². The minimum absolute atomic E-state index is 0. The third-order valence-electron chi connectivity index (χ3n) is 1.14. The predicted molar refractivity (Wildman–Crippen MR) is 38.2 cm³/mol. The second kappa shape index (κ2) is 4.06. The van der Waals surface area contributed by atoms with E-state index < -0.39 is 0 Å². The van der Waals surface area contributed by atoms with Crippen molar-refractivity contribution in [3.8, 4) is 0 Å². The first-order valence-corrected chi connectivity index (χ1v) is 3.27. The van der Waals surface area contributed by atoms with Crippen LogP contribution in [0.1, 0.15) is 5.56 Å². The summed E-state index contributed by atoms with van der Waals surface area (Å²) >= 11 is 0. The summed E-state index contributed by atoms with van der Waals surface area (Å²) in [5.41, 5.74) is 1.15. The van der Waals surface area contributed by atoms with Gasteiger partial charge in [0, 0.05) is 0 Å². The Balaban J connectivity index is 0.000001000. The van der Waals surface area contributed by atoms with Gasteiger partial charge < -0.3 is 33.0 Å². The van der Waals surface area contributed by atoms with Crippen molar-refractivity contribution < 1.29 is 33.0 Å². The maximum absolute atomic E-state index is 4.70. The van der Waals surface area contributed by atoms with Crippen LogP contribution in [-0.4, -0.2) is 30.8 Å². The second-order valence-corrected chi connectivity index (χ2v) is 3.48. The van der Waals surface area contributed by atoms with Gasteiger partial charge in [0.05, 0.1) is 32.9 Å². The van der Waals surface area contributed by atoms with Crippen molar-refractivity contribution in [3.05, 3.63) is 18.0 Å². The Morgan fingerprint density at radius 2 is 2.09 bits per heavy atom. The smallest absolute Gasteiger partial charge is 0.132 e. The van der Waals surface area contributed by atoms with Crippen LogP contribution in [0.5, 0.6) is 0 Å². The van der Waals surface area contributed by atoms with Crippen LogP contribution in [0.3, 0.4) is 0 Å². The van der Waals surface area contributed by atoms with Crippen molar-refractivity contribution >= 4 is 0 Å². The van der Waals surface area contributed by atoms with Crippen LogP contribution in [0.4, 0.5) is 0 Å². The van der Waals surface area contributed by atoms with Crippen molar-refractivity contribution in [2.45, 2.75) is 6.54 Å². The van der Waals surface area contributed by atoms with Crippen LogP contribution in [-0.2, 0) is 6.54 Å². The van der Waals surface area contributed by atoms with Crippen LogP contribution in [0.2, 0.25) is 0 Å². The molecule has 0 saturated heterocycles. The molecule has 0 radical (unpaired) electrons. The van der Waals surface area contributed by atoms with Gasteiger partial charge in [-0.25, -0.2) is 0 Å². The number of rotatable bonds is 2. The summed E-state index contributed by atoms with van der Waals surface area (Å²) in [6, 6.07) is 0. The van der Waals surface area contributed by atoms with Crippen LogP contribution in [0.15, 0.2) is 17.0 Å². The lowest BCUT2D eigenvalue weighted by Gasteiger charge is -2.22. The number of nitrogens with zero attached hydrogens (tertiary/aromatic N) is 2. The monoisotopic (exact) mass is 268 g/mol. The van der Waals surface area contributed by atoms with Crippen molar-refractivity contribution in [2.75, 3.05) is 21.1 Å². The normalized spacial score (nSPS) is 10.8. The summed E-state index contributed by atoms with van der Waals surface area (Å²) in [5, 5.41) is 3.62. The van der Waals surface area contributed by atoms with Gasteiger partial charge in [0.15, 0.2) is 0 Å². The van der Waals surface area contributed by atoms with E-state index in [2.05, 4.69) is 26.3 Å². The lowest BCUT2D eigenvalue weighted by Crippen LogP contribution is -3.00. The molecule has 0 aliphatic carbocycles. The van der Waals surface area contributed by atoms with Crippen molar-refractivity contribution in [1.82, 2.24) is 5.16 Å². The van der Waals surface area contributed by atoms with Gasteiger partial charge >= 0.3 is 0 Å². The molecule has 1 heterocycles. The first-order valence-electron chi connectivity index (χ1n) is 3.27. The van der Waals surface area contributed by atoms with E-state index in [-0.39, 0.29) is 24.0 Å². The van der Waals surface area contributed by atoms with E-state index in [4.69, 9.17) is 4.52 Å². The number of hydrogen-bond donors (Lipinski definition) is 0. The largest absolute Gasteiger partial charge is 1.00 e. The van der Waals surface area contributed by atoms with E-state index >= 15 is 0 Å². The molecular weight excluding hydrogens is 255 g/mol. The molecule has 0 aliphatic heterocycles. The third kappa shape index (κ3) is 4.36. The molecule has 0 saturated carbocycles. The highest BCUT2D eigenvalue weighted by Gasteiger charge is 2.08. The molecule has 4 heteroatoms. The molecule has 1 aromatic rings. The zero-order valence-corrected chi connectivity index (χ0v) is 9.20. The molecule has 0 bridgehead atoms. The Hall–Kier alpha value is -0.100. The predicted octanol–water partition coefficient (Wildman–Crippen LogP) is -2.12. The summed E-state index contributed by atoms with van der Waals surface area (Å²) in [5.74, 6) is 0. The minimum atomic E-state index is 0. The average molecular weight is 268 g/mol. The van der Waals surface area contributed by atoms with Gasteiger partial charge in [-0.1, -0.05) is 5.16 Å². The Morgan fingerprint density at radius 3 is 2.45 bits per heavy atom. The van der Waals surface area contributed by atoms with Gasteiger partial charge in [-0.05, 0) is 0 Å². The van der Waals surface area contributed by atoms with Gasteiger partial charge in [0.1, 0.15) is 12.8 Å². The zero-order valence-electron chi connectivity index (χ0n) is 7.04. The van der Waals surface area contributed by atoms with Crippen molar-refractivity contribution in [1.29, 1.82) is 0 Å². The van der Waals surface area contributed by atoms with Gasteiger partial charge in [-0.3, -0.25) is 0 Å². The first-order chi connectivity index (χ1) is 4.58. The zero-order chi connectivity index (χ0) is 7.61. The number of halogens is 1. The van der Waals surface area contributed by atoms with Gasteiger partial charge in [-0.15, -0.1) is 0 Å². The molecule has 3 nitrogen and oxygen atoms in total. The fourth-order valence-corrected chi connectivity index (χ4v) is 0.852. The molecule has 1 aromatic heterocycles. The standard InChI is InChI=1S/C7H13N2O.HI/c1-9(2,3)5-7-4-8-10-6-7;/h4,6H,5H2,1-3H3;1H/q+1;/p-1. The molecule has 0 spiro atoms. The lowest BCUT2D eigenvalue weighted by molar-refractivity contribution is -0.884. The Bertz CT molecular complexity index is 191. The van der Waals surface area contributed by atoms with Gasteiger partial charge in [0.2, 0.25) is 0 Å². The van der Waals surface area contributed by atoms with Crippen LogP contribution in [0, 0.1) is 0 Å². The van der Waals surface area contributed by atoms with E-state index in [1.165, 1.54) is 0 Å². The number of quaternary nitrogens is 1. The Labute approximate surface area is 84.0 Å². The first kappa shape index (κ1) is 10.9. The highest BCUT2D eigenvalue weighted by atomic mass is 127. The summed E-state index contributed by atoms with van der Waals surface area (Å²) in [7, 11) is 6.40. The molecule has 0 fully saturated rings. The average Bonchev–Trinajstić information content (AvgIpc) is 2.12. The SMILES string of the molecule is C[N+](C)(C)Cc1cnoc1.[I-]. The molecule has 0 amide bonds. The Morgan fingerprint density at radius 1 is 1.45 bits per heavy atom. The highest BCUT2D eigenvalue weighted by Crippen LogP contribution is 2.03. The number of hydrogen-bond acceptors (Lipinski definition) is 2. The topological polar surface area (TPSA) is 26.0 Å². The molecule has 0 unspecified atom stereocenters. The molecule has 0 aliphatic rings. The molecule has 64 valence electrons. The maximum Gasteiger partial charge on any atom is 0.132 e. The summed E-state index contributed by atoms with van der Waals surface area (Å²) in [6.45, 7) is 0.962. The lowest BCUT2D eigenvalue weighted by atomic mass is 10.3.